The molecule has 0 bridgehead atoms. The molecule has 1 N–H and O–H groups in total. The molecule has 0 spiro atoms. The van der Waals surface area contributed by atoms with E-state index in [0.717, 1.165) is 29.8 Å². The molecule has 1 aromatic carbocycles. The minimum absolute atomic E-state index is 0.0328. The van der Waals surface area contributed by atoms with Crippen molar-refractivity contribution < 1.29 is 33.0 Å². The van der Waals surface area contributed by atoms with Gasteiger partial charge in [0, 0.05) is 31.3 Å². The third kappa shape index (κ3) is 4.03. The number of fused-ring (bicyclic) bond motifs is 1. The summed E-state index contributed by atoms with van der Waals surface area (Å²) in [6, 6.07) is 5.42. The van der Waals surface area contributed by atoms with Crippen molar-refractivity contribution in [1.82, 2.24) is 14.3 Å². The molecule has 3 aromatic rings. The van der Waals surface area contributed by atoms with Gasteiger partial charge in [-0.05, 0) is 36.8 Å². The fourth-order valence-electron chi connectivity index (χ4n) is 4.39. The Kier molecular flexibility index (Phi) is 5.56. The summed E-state index contributed by atoms with van der Waals surface area (Å²) in [4.78, 5) is 41.7. The van der Waals surface area contributed by atoms with Crippen molar-refractivity contribution in [3.05, 3.63) is 65.5 Å². The first-order valence-electron chi connectivity index (χ1n) is 10.9. The van der Waals surface area contributed by atoms with Crippen molar-refractivity contribution in [2.75, 3.05) is 24.6 Å². The molecule has 0 radical (unpaired) electrons. The van der Waals surface area contributed by atoms with E-state index in [-0.39, 0.29) is 37.5 Å². The first-order valence-corrected chi connectivity index (χ1v) is 10.9. The molecule has 4 heterocycles. The molecule has 3 amide bonds. The van der Waals surface area contributed by atoms with E-state index < -0.39 is 41.2 Å². The number of aryl methyl sites for hydroxylation is 1. The van der Waals surface area contributed by atoms with Gasteiger partial charge in [-0.15, -0.1) is 0 Å². The minimum Gasteiger partial charge on any atom is -0.465 e. The van der Waals surface area contributed by atoms with E-state index in [1.165, 1.54) is 4.90 Å². The molecular formula is C24H20F2N4O5. The molecule has 2 aromatic heterocycles. The minimum atomic E-state index is -1.07. The number of anilines is 1. The molecule has 180 valence electrons. The van der Waals surface area contributed by atoms with Crippen LogP contribution in [0.3, 0.4) is 0 Å². The standard InChI is InChI=1S/C24H20F2N4O5/c1-13-4-5-29-18(11-15-12-28(24(33)34)6-7-35-15)23(27-19(29)8-13)22-16(25)9-14(10-17(22)26)30-20(31)2-3-21(30)32/h2-5,8-10,15H,6-7,11-12H2,1H3,(H,33,34)/t15-/m0/s1. The fraction of sp³-hybridized carbons (Fsp3) is 0.250. The molecule has 2 aliphatic heterocycles. The van der Waals surface area contributed by atoms with Crippen LogP contribution in [0.25, 0.3) is 16.9 Å². The second-order valence-corrected chi connectivity index (χ2v) is 8.39. The van der Waals surface area contributed by atoms with E-state index in [1.807, 2.05) is 13.0 Å². The van der Waals surface area contributed by atoms with E-state index in [1.54, 1.807) is 16.7 Å². The Morgan fingerprint density at radius 1 is 1.17 bits per heavy atom. The Morgan fingerprint density at radius 2 is 1.86 bits per heavy atom. The Hall–Kier alpha value is -4.12. The van der Waals surface area contributed by atoms with Crippen LogP contribution in [0, 0.1) is 18.6 Å². The van der Waals surface area contributed by atoms with Gasteiger partial charge < -0.3 is 19.1 Å². The lowest BCUT2D eigenvalue weighted by atomic mass is 10.0. The van der Waals surface area contributed by atoms with Crippen LogP contribution in [0.5, 0.6) is 0 Å². The lowest BCUT2D eigenvalue weighted by Crippen LogP contribution is -2.45. The summed E-state index contributed by atoms with van der Waals surface area (Å²) in [6.45, 7) is 2.39. The number of hydrogen-bond donors (Lipinski definition) is 1. The number of halogens is 2. The molecule has 1 atom stereocenters. The van der Waals surface area contributed by atoms with Crippen LogP contribution >= 0.6 is 0 Å². The van der Waals surface area contributed by atoms with Crippen molar-refractivity contribution in [3.63, 3.8) is 0 Å². The van der Waals surface area contributed by atoms with Gasteiger partial charge in [0.1, 0.15) is 17.3 Å². The van der Waals surface area contributed by atoms with Crippen molar-refractivity contribution >= 4 is 29.2 Å². The molecule has 0 unspecified atom stereocenters. The van der Waals surface area contributed by atoms with Gasteiger partial charge >= 0.3 is 6.09 Å². The van der Waals surface area contributed by atoms with Gasteiger partial charge in [-0.1, -0.05) is 0 Å². The third-order valence-electron chi connectivity index (χ3n) is 6.04. The zero-order valence-electron chi connectivity index (χ0n) is 18.6. The van der Waals surface area contributed by atoms with Crippen molar-refractivity contribution in [1.29, 1.82) is 0 Å². The molecule has 0 aliphatic carbocycles. The highest BCUT2D eigenvalue weighted by Gasteiger charge is 2.31. The van der Waals surface area contributed by atoms with Crippen LogP contribution in [0.1, 0.15) is 11.3 Å². The number of carbonyl (C=O) groups is 3. The number of hydrogen-bond acceptors (Lipinski definition) is 5. The number of imide groups is 1. The van der Waals surface area contributed by atoms with Gasteiger partial charge in [0.15, 0.2) is 0 Å². The van der Waals surface area contributed by atoms with Gasteiger partial charge in [-0.25, -0.2) is 23.5 Å². The lowest BCUT2D eigenvalue weighted by molar-refractivity contribution is -0.119. The number of benzene rings is 1. The summed E-state index contributed by atoms with van der Waals surface area (Å²) in [5.74, 6) is -3.37. The Bertz CT molecular complexity index is 1380. The maximum Gasteiger partial charge on any atom is 0.407 e. The molecule has 5 rings (SSSR count). The van der Waals surface area contributed by atoms with Gasteiger partial charge in [-0.3, -0.25) is 9.59 Å². The molecular weight excluding hydrogens is 462 g/mol. The Morgan fingerprint density at radius 3 is 2.51 bits per heavy atom. The summed E-state index contributed by atoms with van der Waals surface area (Å²) >= 11 is 0. The van der Waals surface area contributed by atoms with Gasteiger partial charge in [0.25, 0.3) is 11.8 Å². The second kappa shape index (κ2) is 8.58. The van der Waals surface area contributed by atoms with Crippen LogP contribution in [-0.4, -0.2) is 63.1 Å². The number of pyridine rings is 1. The zero-order chi connectivity index (χ0) is 24.9. The fourth-order valence-corrected chi connectivity index (χ4v) is 4.39. The van der Waals surface area contributed by atoms with Crippen LogP contribution < -0.4 is 4.90 Å². The summed E-state index contributed by atoms with van der Waals surface area (Å²) in [6.07, 6.45) is 2.32. The van der Waals surface area contributed by atoms with E-state index in [9.17, 15) is 19.5 Å². The van der Waals surface area contributed by atoms with Crippen molar-refractivity contribution in [3.8, 4) is 11.3 Å². The molecule has 35 heavy (non-hydrogen) atoms. The highest BCUT2D eigenvalue weighted by Crippen LogP contribution is 2.34. The number of imidazole rings is 1. The van der Waals surface area contributed by atoms with E-state index in [4.69, 9.17) is 4.74 Å². The molecule has 1 fully saturated rings. The Balaban J connectivity index is 1.59. The molecule has 9 nitrogen and oxygen atoms in total. The first kappa shape index (κ1) is 22.7. The van der Waals surface area contributed by atoms with Crippen LogP contribution in [0.15, 0.2) is 42.6 Å². The third-order valence-corrected chi connectivity index (χ3v) is 6.04. The predicted octanol–water partition coefficient (Wildman–Crippen LogP) is 2.94. The normalized spacial score (nSPS) is 18.2. The summed E-state index contributed by atoms with van der Waals surface area (Å²) in [5.41, 5.74) is 1.18. The topological polar surface area (TPSA) is 104 Å². The summed E-state index contributed by atoms with van der Waals surface area (Å²) in [7, 11) is 0. The van der Waals surface area contributed by atoms with Crippen LogP contribution in [-0.2, 0) is 20.7 Å². The lowest BCUT2D eigenvalue weighted by Gasteiger charge is -2.31. The van der Waals surface area contributed by atoms with E-state index in [2.05, 4.69) is 4.98 Å². The first-order chi connectivity index (χ1) is 16.7. The quantitative estimate of drug-likeness (QED) is 0.574. The maximum absolute atomic E-state index is 15.4. The van der Waals surface area contributed by atoms with Gasteiger partial charge in [0.2, 0.25) is 0 Å². The number of ether oxygens (including phenoxy) is 1. The molecule has 1 saturated heterocycles. The zero-order valence-corrected chi connectivity index (χ0v) is 18.6. The molecule has 0 saturated carbocycles. The average Bonchev–Trinajstić information content (AvgIpc) is 3.32. The van der Waals surface area contributed by atoms with Gasteiger partial charge in [-0.2, -0.15) is 0 Å². The predicted molar refractivity (Wildman–Crippen MR) is 120 cm³/mol. The van der Waals surface area contributed by atoms with Gasteiger partial charge in [0.05, 0.1) is 41.9 Å². The van der Waals surface area contributed by atoms with Crippen molar-refractivity contribution in [2.24, 2.45) is 0 Å². The van der Waals surface area contributed by atoms with E-state index in [0.29, 0.717) is 16.2 Å². The highest BCUT2D eigenvalue weighted by atomic mass is 19.1. The van der Waals surface area contributed by atoms with Crippen LogP contribution in [0.2, 0.25) is 0 Å². The average molecular weight is 482 g/mol. The largest absolute Gasteiger partial charge is 0.465 e. The summed E-state index contributed by atoms with van der Waals surface area (Å²) < 4.78 is 38.2. The number of nitrogens with zero attached hydrogens (tertiary/aromatic N) is 4. The second-order valence-electron chi connectivity index (χ2n) is 8.39. The number of carboxylic acid groups (broad SMARTS) is 1. The number of carbonyl (C=O) groups excluding carboxylic acids is 2. The monoisotopic (exact) mass is 482 g/mol. The number of amides is 3. The number of morpholine rings is 1. The molecule has 2 aliphatic rings. The Labute approximate surface area is 197 Å². The highest BCUT2D eigenvalue weighted by molar-refractivity contribution is 6.28. The maximum atomic E-state index is 15.4. The number of rotatable bonds is 4. The smallest absolute Gasteiger partial charge is 0.407 e. The SMILES string of the molecule is Cc1ccn2c(C[C@H]3CN(C(=O)O)CCO3)c(-c3c(F)cc(N4C(=O)C=CC4=O)cc3F)nc2c1. The van der Waals surface area contributed by atoms with E-state index >= 15 is 8.78 Å². The summed E-state index contributed by atoms with van der Waals surface area (Å²) in [5, 5.41) is 9.34. The molecule has 11 heteroatoms. The number of aromatic nitrogens is 2. The van der Waals surface area contributed by atoms with Crippen LogP contribution in [0.4, 0.5) is 19.3 Å². The van der Waals surface area contributed by atoms with Crippen molar-refractivity contribution in [2.45, 2.75) is 19.4 Å².